The van der Waals surface area contributed by atoms with Gasteiger partial charge in [-0.15, -0.1) is 0 Å². The third kappa shape index (κ3) is 3.90. The van der Waals surface area contributed by atoms with E-state index in [0.717, 1.165) is 0 Å². The smallest absolute Gasteiger partial charge is 0.273 e. The van der Waals surface area contributed by atoms with Crippen LogP contribution in [-0.4, -0.2) is 21.9 Å². The van der Waals surface area contributed by atoms with Gasteiger partial charge in [-0.25, -0.2) is 0 Å². The van der Waals surface area contributed by atoms with Gasteiger partial charge in [0.2, 0.25) is 0 Å². The number of amides is 1. The molecule has 1 aromatic heterocycles. The molecule has 0 fully saturated rings. The van der Waals surface area contributed by atoms with Crippen LogP contribution < -0.4 is 5.32 Å². The standard InChI is InChI=1S/C18H13Cl2N3O2/c1-10(24)11-2-5-13(6-3-11)21-18(25)17-9-16(22-23-17)14-7-4-12(19)8-15(14)20/h2-9H,1H3,(H,21,25)(H,22,23). The van der Waals surface area contributed by atoms with Crippen molar-refractivity contribution in [3.05, 3.63) is 69.8 Å². The normalized spacial score (nSPS) is 10.5. The molecule has 0 unspecified atom stereocenters. The Kier molecular flexibility index (Phi) is 4.88. The Bertz CT molecular complexity index is 949. The summed E-state index contributed by atoms with van der Waals surface area (Å²) >= 11 is 12.0. The minimum absolute atomic E-state index is 0.0315. The van der Waals surface area contributed by atoms with Gasteiger partial charge in [-0.3, -0.25) is 14.7 Å². The Balaban J connectivity index is 1.77. The number of nitrogens with one attached hydrogen (secondary N) is 2. The zero-order valence-electron chi connectivity index (χ0n) is 13.1. The van der Waals surface area contributed by atoms with Crippen molar-refractivity contribution in [2.75, 3.05) is 5.32 Å². The van der Waals surface area contributed by atoms with Gasteiger partial charge in [0.25, 0.3) is 5.91 Å². The zero-order valence-corrected chi connectivity index (χ0v) is 14.7. The number of carbonyl (C=O) groups excluding carboxylic acids is 2. The van der Waals surface area contributed by atoms with Crippen molar-refractivity contribution < 1.29 is 9.59 Å². The van der Waals surface area contributed by atoms with Gasteiger partial charge >= 0.3 is 0 Å². The minimum Gasteiger partial charge on any atom is -0.321 e. The van der Waals surface area contributed by atoms with E-state index in [1.807, 2.05) is 0 Å². The zero-order chi connectivity index (χ0) is 18.0. The quantitative estimate of drug-likeness (QED) is 0.642. The summed E-state index contributed by atoms with van der Waals surface area (Å²) in [5, 5.41) is 10.5. The molecule has 0 aliphatic heterocycles. The number of aromatic nitrogens is 2. The highest BCUT2D eigenvalue weighted by molar-refractivity contribution is 6.36. The lowest BCUT2D eigenvalue weighted by atomic mass is 10.1. The maximum Gasteiger partial charge on any atom is 0.273 e. The summed E-state index contributed by atoms with van der Waals surface area (Å²) in [6.45, 7) is 1.49. The van der Waals surface area contributed by atoms with Crippen molar-refractivity contribution in [1.29, 1.82) is 0 Å². The molecule has 1 heterocycles. The molecule has 1 amide bonds. The van der Waals surface area contributed by atoms with E-state index in [2.05, 4.69) is 15.5 Å². The Morgan fingerprint density at radius 2 is 1.76 bits per heavy atom. The average molecular weight is 374 g/mol. The summed E-state index contributed by atoms with van der Waals surface area (Å²) < 4.78 is 0. The van der Waals surface area contributed by atoms with Crippen molar-refractivity contribution in [3.8, 4) is 11.3 Å². The monoisotopic (exact) mass is 373 g/mol. The van der Waals surface area contributed by atoms with Crippen LogP contribution >= 0.6 is 23.2 Å². The summed E-state index contributed by atoms with van der Waals surface area (Å²) in [4.78, 5) is 23.6. The number of aromatic amines is 1. The Morgan fingerprint density at radius 1 is 1.04 bits per heavy atom. The summed E-state index contributed by atoms with van der Waals surface area (Å²) in [6.07, 6.45) is 0. The van der Waals surface area contributed by atoms with Crippen molar-refractivity contribution in [3.63, 3.8) is 0 Å². The highest BCUT2D eigenvalue weighted by atomic mass is 35.5. The summed E-state index contributed by atoms with van der Waals surface area (Å²) in [5.74, 6) is -0.379. The van der Waals surface area contributed by atoms with Crippen LogP contribution in [0.2, 0.25) is 10.0 Å². The predicted octanol–water partition coefficient (Wildman–Crippen LogP) is 4.84. The van der Waals surface area contributed by atoms with E-state index in [-0.39, 0.29) is 17.4 Å². The first-order chi connectivity index (χ1) is 11.9. The number of H-pyrrole nitrogens is 1. The number of hydrogen-bond donors (Lipinski definition) is 2. The van der Waals surface area contributed by atoms with Crippen LogP contribution in [0.25, 0.3) is 11.3 Å². The van der Waals surface area contributed by atoms with Crippen molar-refractivity contribution >= 4 is 40.6 Å². The average Bonchev–Trinajstić information content (AvgIpc) is 3.05. The lowest BCUT2D eigenvalue weighted by Gasteiger charge is -2.04. The minimum atomic E-state index is -0.348. The lowest BCUT2D eigenvalue weighted by molar-refractivity contribution is 0.101. The van der Waals surface area contributed by atoms with Gasteiger partial charge < -0.3 is 5.32 Å². The molecule has 2 aromatic carbocycles. The van der Waals surface area contributed by atoms with E-state index < -0.39 is 0 Å². The fourth-order valence-electron chi connectivity index (χ4n) is 2.26. The van der Waals surface area contributed by atoms with Crippen LogP contribution in [0.5, 0.6) is 0 Å². The van der Waals surface area contributed by atoms with Crippen molar-refractivity contribution in [1.82, 2.24) is 10.2 Å². The summed E-state index contributed by atoms with van der Waals surface area (Å²) in [5.41, 5.74) is 2.66. The largest absolute Gasteiger partial charge is 0.321 e. The number of anilines is 1. The number of hydrogen-bond acceptors (Lipinski definition) is 3. The first kappa shape index (κ1) is 17.2. The number of benzene rings is 2. The van der Waals surface area contributed by atoms with E-state index in [9.17, 15) is 9.59 Å². The van der Waals surface area contributed by atoms with E-state index in [4.69, 9.17) is 23.2 Å². The van der Waals surface area contributed by atoms with E-state index in [1.165, 1.54) is 6.92 Å². The van der Waals surface area contributed by atoms with Crippen LogP contribution in [0.1, 0.15) is 27.8 Å². The second kappa shape index (κ2) is 7.09. The number of carbonyl (C=O) groups is 2. The first-order valence-corrected chi connectivity index (χ1v) is 8.13. The van der Waals surface area contributed by atoms with Crippen molar-refractivity contribution in [2.24, 2.45) is 0 Å². The number of nitrogens with zero attached hydrogens (tertiary/aromatic N) is 1. The van der Waals surface area contributed by atoms with Gasteiger partial charge in [-0.05, 0) is 55.5 Å². The second-order valence-corrected chi connectivity index (χ2v) is 6.22. The van der Waals surface area contributed by atoms with E-state index in [1.54, 1.807) is 48.5 Å². The molecular formula is C18H13Cl2N3O2. The van der Waals surface area contributed by atoms with Crippen LogP contribution in [0.3, 0.4) is 0 Å². The van der Waals surface area contributed by atoms with Gasteiger partial charge in [0, 0.05) is 21.8 Å². The molecular weight excluding hydrogens is 361 g/mol. The van der Waals surface area contributed by atoms with E-state index >= 15 is 0 Å². The predicted molar refractivity (Wildman–Crippen MR) is 98.4 cm³/mol. The fourth-order valence-corrected chi connectivity index (χ4v) is 2.77. The summed E-state index contributed by atoms with van der Waals surface area (Å²) in [7, 11) is 0. The van der Waals surface area contributed by atoms with Crippen LogP contribution in [-0.2, 0) is 0 Å². The molecule has 3 rings (SSSR count). The van der Waals surface area contributed by atoms with E-state index in [0.29, 0.717) is 32.6 Å². The topological polar surface area (TPSA) is 74.8 Å². The van der Waals surface area contributed by atoms with Crippen LogP contribution in [0.15, 0.2) is 48.5 Å². The molecule has 0 atom stereocenters. The summed E-state index contributed by atoms with van der Waals surface area (Å²) in [6, 6.07) is 13.3. The maximum absolute atomic E-state index is 12.3. The molecule has 0 saturated heterocycles. The van der Waals surface area contributed by atoms with Crippen LogP contribution in [0.4, 0.5) is 5.69 Å². The fraction of sp³-hybridized carbons (Fsp3) is 0.0556. The number of ketones is 1. The molecule has 0 aliphatic carbocycles. The molecule has 2 N–H and O–H groups in total. The third-order valence-corrected chi connectivity index (χ3v) is 4.13. The van der Waals surface area contributed by atoms with Gasteiger partial charge in [0.1, 0.15) is 5.69 Å². The molecule has 7 heteroatoms. The molecule has 5 nitrogen and oxygen atoms in total. The Labute approximate surface area is 154 Å². The third-order valence-electron chi connectivity index (χ3n) is 3.58. The van der Waals surface area contributed by atoms with Gasteiger partial charge in [0.05, 0.1) is 10.7 Å². The molecule has 0 saturated carbocycles. The maximum atomic E-state index is 12.3. The number of Topliss-reactive ketones (excluding diaryl/α,β-unsaturated/α-hetero) is 1. The SMILES string of the molecule is CC(=O)c1ccc(NC(=O)c2cc(-c3ccc(Cl)cc3Cl)n[nH]2)cc1. The lowest BCUT2D eigenvalue weighted by Crippen LogP contribution is -2.12. The molecule has 0 aliphatic rings. The molecule has 0 bridgehead atoms. The van der Waals surface area contributed by atoms with Gasteiger partial charge in [-0.1, -0.05) is 23.2 Å². The molecule has 0 spiro atoms. The molecule has 3 aromatic rings. The van der Waals surface area contributed by atoms with Crippen molar-refractivity contribution in [2.45, 2.75) is 6.92 Å². The molecule has 126 valence electrons. The Morgan fingerprint density at radius 3 is 2.40 bits per heavy atom. The van der Waals surface area contributed by atoms with Crippen LogP contribution in [0, 0.1) is 0 Å². The highest BCUT2D eigenvalue weighted by Crippen LogP contribution is 2.29. The number of rotatable bonds is 4. The second-order valence-electron chi connectivity index (χ2n) is 5.38. The number of halogens is 2. The Hall–Kier alpha value is -2.63. The van der Waals surface area contributed by atoms with Gasteiger partial charge in [0.15, 0.2) is 5.78 Å². The molecule has 25 heavy (non-hydrogen) atoms. The molecule has 0 radical (unpaired) electrons. The first-order valence-electron chi connectivity index (χ1n) is 7.37. The highest BCUT2D eigenvalue weighted by Gasteiger charge is 2.13. The van der Waals surface area contributed by atoms with Gasteiger partial charge in [-0.2, -0.15) is 5.10 Å².